The molecule has 27 heavy (non-hydrogen) atoms. The summed E-state index contributed by atoms with van der Waals surface area (Å²) in [6.07, 6.45) is 0.0437. The van der Waals surface area contributed by atoms with Crippen LogP contribution in [0.25, 0.3) is 0 Å². The average Bonchev–Trinajstić information content (AvgIpc) is 3.03. The van der Waals surface area contributed by atoms with Gasteiger partial charge in [0.25, 0.3) is 0 Å². The molecule has 3 amide bonds. The molecule has 1 saturated carbocycles. The molecular formula is C19H23N3O5. The molecule has 1 aromatic rings. The Morgan fingerprint density at radius 3 is 2.70 bits per heavy atom. The van der Waals surface area contributed by atoms with E-state index in [0.29, 0.717) is 25.6 Å². The molecule has 1 N–H and O–H groups in total. The topological polar surface area (TPSA) is 88.2 Å². The van der Waals surface area contributed by atoms with Gasteiger partial charge in [0.1, 0.15) is 6.10 Å². The van der Waals surface area contributed by atoms with E-state index in [1.54, 1.807) is 9.80 Å². The molecule has 8 nitrogen and oxygen atoms in total. The van der Waals surface area contributed by atoms with Gasteiger partial charge in [-0.1, -0.05) is 12.1 Å². The fraction of sp³-hybridized carbons (Fsp3) is 0.526. The van der Waals surface area contributed by atoms with Crippen LogP contribution in [0.2, 0.25) is 0 Å². The first-order chi connectivity index (χ1) is 12.9. The molecule has 0 bridgehead atoms. The van der Waals surface area contributed by atoms with E-state index in [0.717, 1.165) is 18.7 Å². The second-order valence-electron chi connectivity index (χ2n) is 7.51. The van der Waals surface area contributed by atoms with E-state index in [2.05, 4.69) is 5.32 Å². The minimum Gasteiger partial charge on any atom is -0.453 e. The Morgan fingerprint density at radius 1 is 1.30 bits per heavy atom. The Morgan fingerprint density at radius 2 is 2.04 bits per heavy atom. The zero-order valence-corrected chi connectivity index (χ0v) is 15.4. The number of carbonyl (C=O) groups excluding carboxylic acids is 3. The maximum absolute atomic E-state index is 12.1. The molecule has 2 aliphatic heterocycles. The average molecular weight is 373 g/mol. The number of nitrogens with zero attached hydrogens (tertiary/aromatic N) is 2. The summed E-state index contributed by atoms with van der Waals surface area (Å²) in [5, 5.41) is 2.67. The maximum atomic E-state index is 12.1. The third-order valence-corrected chi connectivity index (χ3v) is 5.79. The fourth-order valence-electron chi connectivity index (χ4n) is 4.27. The van der Waals surface area contributed by atoms with Crippen LogP contribution in [0.3, 0.4) is 0 Å². The summed E-state index contributed by atoms with van der Waals surface area (Å²) in [7, 11) is 1.40. The first-order valence-corrected chi connectivity index (χ1v) is 9.09. The number of ether oxygens (including phenoxy) is 2. The summed E-state index contributed by atoms with van der Waals surface area (Å²) < 4.78 is 10.1. The van der Waals surface area contributed by atoms with Gasteiger partial charge in [0.15, 0.2) is 0 Å². The Kier molecular flexibility index (Phi) is 4.20. The van der Waals surface area contributed by atoms with Crippen molar-refractivity contribution in [2.24, 2.45) is 5.92 Å². The second-order valence-corrected chi connectivity index (χ2v) is 7.51. The van der Waals surface area contributed by atoms with Crippen LogP contribution in [0, 0.1) is 5.92 Å². The van der Waals surface area contributed by atoms with Gasteiger partial charge in [0, 0.05) is 31.1 Å². The number of amides is 3. The molecule has 3 atom stereocenters. The predicted octanol–water partition coefficient (Wildman–Crippen LogP) is 1.49. The van der Waals surface area contributed by atoms with Gasteiger partial charge in [-0.15, -0.1) is 0 Å². The SMILES string of the molecule is COC(=O)N1CC2CC2(c2ccc(N3CC(CNC(C)=O)OC3=O)cc2)C1. The molecule has 0 radical (unpaired) electrons. The van der Waals surface area contributed by atoms with Crippen LogP contribution in [-0.4, -0.2) is 62.4 Å². The molecule has 0 spiro atoms. The third kappa shape index (κ3) is 3.09. The van der Waals surface area contributed by atoms with Crippen molar-refractivity contribution in [3.63, 3.8) is 0 Å². The lowest BCUT2D eigenvalue weighted by Crippen LogP contribution is -2.33. The number of anilines is 1. The number of nitrogens with one attached hydrogen (secondary N) is 1. The van der Waals surface area contributed by atoms with Crippen LogP contribution in [-0.2, 0) is 19.7 Å². The van der Waals surface area contributed by atoms with E-state index in [9.17, 15) is 14.4 Å². The van der Waals surface area contributed by atoms with Crippen molar-refractivity contribution in [3.05, 3.63) is 29.8 Å². The van der Waals surface area contributed by atoms with Gasteiger partial charge >= 0.3 is 12.2 Å². The van der Waals surface area contributed by atoms with Crippen molar-refractivity contribution in [2.75, 3.05) is 38.2 Å². The number of hydrogen-bond donors (Lipinski definition) is 1. The Balaban J connectivity index is 1.42. The molecule has 4 rings (SSSR count). The summed E-state index contributed by atoms with van der Waals surface area (Å²) in [5.41, 5.74) is 1.97. The first kappa shape index (κ1) is 17.6. The summed E-state index contributed by atoms with van der Waals surface area (Å²) in [5.74, 6) is 0.325. The molecular weight excluding hydrogens is 350 g/mol. The van der Waals surface area contributed by atoms with Crippen molar-refractivity contribution in [1.82, 2.24) is 10.2 Å². The summed E-state index contributed by atoms with van der Waals surface area (Å²) in [6, 6.07) is 7.90. The van der Waals surface area contributed by atoms with Crippen LogP contribution in [0.4, 0.5) is 15.3 Å². The van der Waals surface area contributed by atoms with Crippen molar-refractivity contribution in [1.29, 1.82) is 0 Å². The van der Waals surface area contributed by atoms with Gasteiger partial charge in [-0.3, -0.25) is 9.69 Å². The minimum atomic E-state index is -0.404. The number of carbonyl (C=O) groups is 3. The molecule has 3 aliphatic rings. The fourth-order valence-corrected chi connectivity index (χ4v) is 4.27. The van der Waals surface area contributed by atoms with Gasteiger partial charge in [-0.2, -0.15) is 0 Å². The lowest BCUT2D eigenvalue weighted by atomic mass is 9.95. The Hall–Kier alpha value is -2.77. The molecule has 8 heteroatoms. The van der Waals surface area contributed by atoms with Gasteiger partial charge in [0.2, 0.25) is 5.91 Å². The van der Waals surface area contributed by atoms with Crippen LogP contribution >= 0.6 is 0 Å². The largest absolute Gasteiger partial charge is 0.453 e. The highest BCUT2D eigenvalue weighted by atomic mass is 16.6. The van der Waals surface area contributed by atoms with Crippen molar-refractivity contribution >= 4 is 23.8 Å². The van der Waals surface area contributed by atoms with Gasteiger partial charge in [0.05, 0.1) is 20.2 Å². The normalized spacial score (nSPS) is 28.6. The van der Waals surface area contributed by atoms with Crippen LogP contribution < -0.4 is 10.2 Å². The molecule has 2 saturated heterocycles. The first-order valence-electron chi connectivity index (χ1n) is 9.09. The highest BCUT2D eigenvalue weighted by Gasteiger charge is 2.61. The predicted molar refractivity (Wildman–Crippen MR) is 96.5 cm³/mol. The van der Waals surface area contributed by atoms with Crippen molar-refractivity contribution in [3.8, 4) is 0 Å². The Bertz CT molecular complexity index is 780. The van der Waals surface area contributed by atoms with E-state index < -0.39 is 6.09 Å². The number of methoxy groups -OCH3 is 1. The zero-order valence-electron chi connectivity index (χ0n) is 15.4. The monoisotopic (exact) mass is 373 g/mol. The summed E-state index contributed by atoms with van der Waals surface area (Å²) in [6.45, 7) is 3.56. The molecule has 1 aliphatic carbocycles. The van der Waals surface area contributed by atoms with Crippen LogP contribution in [0.15, 0.2) is 24.3 Å². The summed E-state index contributed by atoms with van der Waals surface area (Å²) >= 11 is 0. The smallest absolute Gasteiger partial charge is 0.414 e. The van der Waals surface area contributed by atoms with Crippen molar-refractivity contribution < 1.29 is 23.9 Å². The maximum Gasteiger partial charge on any atom is 0.414 e. The van der Waals surface area contributed by atoms with Gasteiger partial charge in [-0.05, 0) is 30.0 Å². The van der Waals surface area contributed by atoms with E-state index in [-0.39, 0.29) is 23.5 Å². The number of cyclic esters (lactones) is 1. The summed E-state index contributed by atoms with van der Waals surface area (Å²) in [4.78, 5) is 38.2. The van der Waals surface area contributed by atoms with Gasteiger partial charge in [-0.25, -0.2) is 9.59 Å². The van der Waals surface area contributed by atoms with E-state index in [1.165, 1.54) is 19.6 Å². The highest BCUT2D eigenvalue weighted by molar-refractivity contribution is 5.89. The van der Waals surface area contributed by atoms with Crippen LogP contribution in [0.5, 0.6) is 0 Å². The Labute approximate surface area is 157 Å². The lowest BCUT2D eigenvalue weighted by Gasteiger charge is -2.20. The molecule has 1 aromatic carbocycles. The highest BCUT2D eigenvalue weighted by Crippen LogP contribution is 2.59. The molecule has 3 fully saturated rings. The number of likely N-dealkylation sites (tertiary alicyclic amines) is 1. The number of hydrogen-bond acceptors (Lipinski definition) is 5. The standard InChI is InChI=1S/C19H23N3O5/c1-12(23)20-8-16-10-22(18(25)27-16)15-5-3-13(4-6-15)19-7-14(19)9-21(11-19)17(24)26-2/h3-6,14,16H,7-11H2,1-2H3,(H,20,23). The van der Waals surface area contributed by atoms with E-state index in [4.69, 9.17) is 9.47 Å². The van der Waals surface area contributed by atoms with E-state index >= 15 is 0 Å². The number of rotatable bonds is 4. The third-order valence-electron chi connectivity index (χ3n) is 5.79. The molecule has 144 valence electrons. The molecule has 0 aromatic heterocycles. The van der Waals surface area contributed by atoms with Crippen molar-refractivity contribution in [2.45, 2.75) is 24.9 Å². The van der Waals surface area contributed by atoms with E-state index in [1.807, 2.05) is 24.3 Å². The van der Waals surface area contributed by atoms with Crippen LogP contribution in [0.1, 0.15) is 18.9 Å². The molecule has 2 heterocycles. The lowest BCUT2D eigenvalue weighted by molar-refractivity contribution is -0.119. The molecule has 3 unspecified atom stereocenters. The minimum absolute atomic E-state index is 0.0200. The number of piperidine rings is 1. The zero-order chi connectivity index (χ0) is 19.2. The number of benzene rings is 1. The number of fused-ring (bicyclic) bond motifs is 1. The van der Waals surface area contributed by atoms with Gasteiger partial charge < -0.3 is 19.7 Å². The quantitative estimate of drug-likeness (QED) is 0.864. The second kappa shape index (κ2) is 6.44.